The van der Waals surface area contributed by atoms with Crippen molar-refractivity contribution in [2.45, 2.75) is 63.1 Å². The maximum Gasteiger partial charge on any atom is 0.305 e. The lowest BCUT2D eigenvalue weighted by Gasteiger charge is -2.29. The zero-order valence-corrected chi connectivity index (χ0v) is 16.1. The first-order valence-electron chi connectivity index (χ1n) is 9.31. The number of methoxy groups -OCH3 is 1. The van der Waals surface area contributed by atoms with Gasteiger partial charge in [0.05, 0.1) is 13.2 Å². The summed E-state index contributed by atoms with van der Waals surface area (Å²) in [6.45, 7) is 0. The number of benzene rings is 1. The standard InChI is InChI=1S/C20H28N2O3.ClH/c1-25-20(24)10-9-18(15-5-3-2-4-6-15)22-19(23)13-14-11-16-7-8-17(12-14)21-16;/h2-6,14,16-18,21H,7-13H2,1H3,(H,22,23);1H. The Labute approximate surface area is 161 Å². The molecule has 1 aromatic rings. The third-order valence-corrected chi connectivity index (χ3v) is 5.45. The Morgan fingerprint density at radius 2 is 1.85 bits per heavy atom. The molecule has 2 aliphatic rings. The lowest BCUT2D eigenvalue weighted by atomic mass is 9.89. The molecule has 2 bridgehead atoms. The van der Waals surface area contributed by atoms with Crippen LogP contribution < -0.4 is 10.6 Å². The molecule has 0 aliphatic carbocycles. The average Bonchev–Trinajstić information content (AvgIpc) is 2.97. The first-order valence-corrected chi connectivity index (χ1v) is 9.31. The Bertz CT molecular complexity index is 584. The van der Waals surface area contributed by atoms with E-state index in [1.165, 1.54) is 20.0 Å². The number of piperidine rings is 1. The van der Waals surface area contributed by atoms with Gasteiger partial charge >= 0.3 is 5.97 Å². The number of nitrogens with one attached hydrogen (secondary N) is 2. The number of amides is 1. The molecular weight excluding hydrogens is 352 g/mol. The number of rotatable bonds is 7. The smallest absolute Gasteiger partial charge is 0.305 e. The number of halogens is 1. The summed E-state index contributed by atoms with van der Waals surface area (Å²) in [6.07, 6.45) is 6.12. The van der Waals surface area contributed by atoms with Crippen LogP contribution in [0.15, 0.2) is 30.3 Å². The van der Waals surface area contributed by atoms with E-state index in [1.807, 2.05) is 30.3 Å². The Hall–Kier alpha value is -1.59. The van der Waals surface area contributed by atoms with Crippen molar-refractivity contribution in [1.82, 2.24) is 10.6 Å². The second kappa shape index (κ2) is 9.93. The molecule has 1 amide bonds. The van der Waals surface area contributed by atoms with Crippen LogP contribution in [-0.4, -0.2) is 31.1 Å². The lowest BCUT2D eigenvalue weighted by Crippen LogP contribution is -2.40. The topological polar surface area (TPSA) is 67.4 Å². The van der Waals surface area contributed by atoms with Crippen molar-refractivity contribution in [3.05, 3.63) is 35.9 Å². The Kier molecular flexibility index (Phi) is 7.91. The van der Waals surface area contributed by atoms with E-state index >= 15 is 0 Å². The molecule has 3 atom stereocenters. The fourth-order valence-corrected chi connectivity index (χ4v) is 4.23. The second-order valence-corrected chi connectivity index (χ2v) is 7.33. The molecule has 1 aromatic carbocycles. The molecular formula is C20H29ClN2O3. The van der Waals surface area contributed by atoms with Gasteiger partial charge in [0.1, 0.15) is 0 Å². The van der Waals surface area contributed by atoms with E-state index in [-0.39, 0.29) is 30.3 Å². The Morgan fingerprint density at radius 1 is 1.19 bits per heavy atom. The van der Waals surface area contributed by atoms with Gasteiger partial charge in [-0.2, -0.15) is 0 Å². The van der Waals surface area contributed by atoms with Crippen molar-refractivity contribution in [1.29, 1.82) is 0 Å². The van der Waals surface area contributed by atoms with Gasteiger partial charge in [-0.3, -0.25) is 9.59 Å². The summed E-state index contributed by atoms with van der Waals surface area (Å²) in [7, 11) is 1.39. The normalized spacial score (nSPS) is 25.0. The van der Waals surface area contributed by atoms with Gasteiger partial charge in [-0.25, -0.2) is 0 Å². The SMILES string of the molecule is COC(=O)CCC(NC(=O)CC1CC2CCC(C1)N2)c1ccccc1.Cl. The van der Waals surface area contributed by atoms with Crippen molar-refractivity contribution >= 4 is 24.3 Å². The van der Waals surface area contributed by atoms with Gasteiger partial charge in [-0.05, 0) is 43.6 Å². The monoisotopic (exact) mass is 380 g/mol. The van der Waals surface area contributed by atoms with Crippen LogP contribution in [0.4, 0.5) is 0 Å². The molecule has 2 heterocycles. The molecule has 2 N–H and O–H groups in total. The molecule has 3 rings (SSSR count). The largest absolute Gasteiger partial charge is 0.469 e. The number of hydrogen-bond acceptors (Lipinski definition) is 4. The summed E-state index contributed by atoms with van der Waals surface area (Å²) >= 11 is 0. The van der Waals surface area contributed by atoms with Crippen molar-refractivity contribution in [3.63, 3.8) is 0 Å². The van der Waals surface area contributed by atoms with Crippen LogP contribution >= 0.6 is 12.4 Å². The van der Waals surface area contributed by atoms with Crippen LogP contribution in [0.5, 0.6) is 0 Å². The molecule has 5 nitrogen and oxygen atoms in total. The zero-order chi connectivity index (χ0) is 17.6. The fourth-order valence-electron chi connectivity index (χ4n) is 4.23. The Morgan fingerprint density at radius 3 is 2.46 bits per heavy atom. The van der Waals surface area contributed by atoms with Crippen molar-refractivity contribution < 1.29 is 14.3 Å². The van der Waals surface area contributed by atoms with E-state index in [4.69, 9.17) is 4.74 Å². The van der Waals surface area contributed by atoms with Crippen LogP contribution in [-0.2, 0) is 14.3 Å². The maximum atomic E-state index is 12.6. The average molecular weight is 381 g/mol. The summed E-state index contributed by atoms with van der Waals surface area (Å²) in [5, 5.41) is 6.76. The second-order valence-electron chi connectivity index (χ2n) is 7.33. The molecule has 0 radical (unpaired) electrons. The quantitative estimate of drug-likeness (QED) is 0.713. The highest BCUT2D eigenvalue weighted by atomic mass is 35.5. The van der Waals surface area contributed by atoms with E-state index in [9.17, 15) is 9.59 Å². The summed E-state index contributed by atoms with van der Waals surface area (Å²) < 4.78 is 4.73. The van der Waals surface area contributed by atoms with Crippen LogP contribution in [0.25, 0.3) is 0 Å². The van der Waals surface area contributed by atoms with E-state index in [1.54, 1.807) is 0 Å². The molecule has 2 fully saturated rings. The third-order valence-electron chi connectivity index (χ3n) is 5.45. The number of carbonyl (C=O) groups is 2. The lowest BCUT2D eigenvalue weighted by molar-refractivity contribution is -0.141. The fraction of sp³-hybridized carbons (Fsp3) is 0.600. The van der Waals surface area contributed by atoms with Crippen LogP contribution in [0.2, 0.25) is 0 Å². The van der Waals surface area contributed by atoms with E-state index in [0.29, 0.717) is 37.3 Å². The molecule has 2 saturated heterocycles. The van der Waals surface area contributed by atoms with Gasteiger partial charge < -0.3 is 15.4 Å². The highest BCUT2D eigenvalue weighted by molar-refractivity contribution is 5.85. The molecule has 6 heteroatoms. The Balaban J connectivity index is 0.00000243. The van der Waals surface area contributed by atoms with E-state index in [0.717, 1.165) is 18.4 Å². The molecule has 0 aromatic heterocycles. The van der Waals surface area contributed by atoms with Crippen molar-refractivity contribution in [2.24, 2.45) is 5.92 Å². The van der Waals surface area contributed by atoms with Gasteiger partial charge in [0.2, 0.25) is 5.91 Å². The van der Waals surface area contributed by atoms with Gasteiger partial charge in [-0.15, -0.1) is 12.4 Å². The molecule has 2 aliphatic heterocycles. The van der Waals surface area contributed by atoms with Crippen molar-refractivity contribution in [2.75, 3.05) is 7.11 Å². The van der Waals surface area contributed by atoms with Gasteiger partial charge in [0.15, 0.2) is 0 Å². The number of hydrogen-bond donors (Lipinski definition) is 2. The highest BCUT2D eigenvalue weighted by Gasteiger charge is 2.34. The maximum absolute atomic E-state index is 12.6. The highest BCUT2D eigenvalue weighted by Crippen LogP contribution is 2.32. The number of esters is 1. The molecule has 26 heavy (non-hydrogen) atoms. The van der Waals surface area contributed by atoms with Crippen LogP contribution in [0, 0.1) is 5.92 Å². The molecule has 3 unspecified atom stereocenters. The first kappa shape index (κ1) is 20.7. The predicted molar refractivity (Wildman–Crippen MR) is 103 cm³/mol. The summed E-state index contributed by atoms with van der Waals surface area (Å²) in [5.41, 5.74) is 1.03. The number of ether oxygens (including phenoxy) is 1. The molecule has 0 saturated carbocycles. The summed E-state index contributed by atoms with van der Waals surface area (Å²) in [4.78, 5) is 24.1. The van der Waals surface area contributed by atoms with Gasteiger partial charge in [-0.1, -0.05) is 30.3 Å². The number of carbonyl (C=O) groups excluding carboxylic acids is 2. The van der Waals surface area contributed by atoms with E-state index < -0.39 is 0 Å². The minimum Gasteiger partial charge on any atom is -0.469 e. The van der Waals surface area contributed by atoms with Crippen molar-refractivity contribution in [3.8, 4) is 0 Å². The summed E-state index contributed by atoms with van der Waals surface area (Å²) in [6, 6.07) is 10.9. The summed E-state index contributed by atoms with van der Waals surface area (Å²) in [5.74, 6) is 0.311. The minimum atomic E-state index is -0.245. The number of fused-ring (bicyclic) bond motifs is 2. The molecule has 0 spiro atoms. The van der Waals surface area contributed by atoms with Gasteiger partial charge in [0, 0.05) is 24.9 Å². The molecule has 144 valence electrons. The first-order chi connectivity index (χ1) is 12.1. The minimum absolute atomic E-state index is 0. The zero-order valence-electron chi connectivity index (χ0n) is 15.3. The van der Waals surface area contributed by atoms with Crippen LogP contribution in [0.3, 0.4) is 0 Å². The van der Waals surface area contributed by atoms with Crippen LogP contribution in [0.1, 0.15) is 56.6 Å². The predicted octanol–water partition coefficient (Wildman–Crippen LogP) is 3.14. The third kappa shape index (κ3) is 5.71. The van der Waals surface area contributed by atoms with E-state index in [2.05, 4.69) is 10.6 Å². The van der Waals surface area contributed by atoms with Gasteiger partial charge in [0.25, 0.3) is 0 Å².